The lowest BCUT2D eigenvalue weighted by atomic mass is 9.85. The number of ether oxygens (including phenoxy) is 1. The van der Waals surface area contributed by atoms with Crippen LogP contribution in [0.1, 0.15) is 36.6 Å². The molecule has 0 aliphatic heterocycles. The standard InChI is InChI=1S/C16H17N3O2/c1-11-5-7-14(8-6-11)21-16(20)19-13-9-17-15(18-10-13)12-3-2-4-12/h5-10,12H,2-4H2,1H3,(H,19,20). The van der Waals surface area contributed by atoms with E-state index >= 15 is 0 Å². The molecule has 3 rings (SSSR count). The third kappa shape index (κ3) is 3.37. The highest BCUT2D eigenvalue weighted by atomic mass is 16.6. The summed E-state index contributed by atoms with van der Waals surface area (Å²) in [5.41, 5.74) is 1.65. The van der Waals surface area contributed by atoms with E-state index in [1.165, 1.54) is 6.42 Å². The first kappa shape index (κ1) is 13.5. The van der Waals surface area contributed by atoms with Crippen molar-refractivity contribution < 1.29 is 9.53 Å². The molecule has 1 saturated carbocycles. The van der Waals surface area contributed by atoms with Crippen molar-refractivity contribution in [2.75, 3.05) is 5.32 Å². The van der Waals surface area contributed by atoms with E-state index in [1.54, 1.807) is 24.5 Å². The number of hydrogen-bond acceptors (Lipinski definition) is 4. The molecule has 2 aromatic rings. The van der Waals surface area contributed by atoms with Crippen molar-refractivity contribution in [2.45, 2.75) is 32.1 Å². The number of amides is 1. The Morgan fingerprint density at radius 2 is 1.86 bits per heavy atom. The lowest BCUT2D eigenvalue weighted by molar-refractivity contribution is 0.215. The Bertz CT molecular complexity index is 619. The molecule has 1 fully saturated rings. The van der Waals surface area contributed by atoms with Gasteiger partial charge in [0.25, 0.3) is 0 Å². The van der Waals surface area contributed by atoms with Crippen LogP contribution in [-0.2, 0) is 0 Å². The Morgan fingerprint density at radius 1 is 1.19 bits per heavy atom. The molecule has 0 atom stereocenters. The molecule has 1 heterocycles. The number of nitrogens with zero attached hydrogens (tertiary/aromatic N) is 2. The fourth-order valence-electron chi connectivity index (χ4n) is 2.14. The highest BCUT2D eigenvalue weighted by Gasteiger charge is 2.21. The highest BCUT2D eigenvalue weighted by Crippen LogP contribution is 2.34. The van der Waals surface area contributed by atoms with Gasteiger partial charge in [-0.25, -0.2) is 14.8 Å². The second-order valence-corrected chi connectivity index (χ2v) is 5.29. The maximum absolute atomic E-state index is 11.8. The molecule has 1 aliphatic carbocycles. The molecule has 1 N–H and O–H groups in total. The summed E-state index contributed by atoms with van der Waals surface area (Å²) in [6.07, 6.45) is 6.26. The third-order valence-electron chi connectivity index (χ3n) is 3.62. The van der Waals surface area contributed by atoms with Gasteiger partial charge in [0.15, 0.2) is 0 Å². The second-order valence-electron chi connectivity index (χ2n) is 5.29. The molecule has 0 bridgehead atoms. The first-order chi connectivity index (χ1) is 10.2. The van der Waals surface area contributed by atoms with Crippen LogP contribution in [0.2, 0.25) is 0 Å². The van der Waals surface area contributed by atoms with Crippen LogP contribution < -0.4 is 10.1 Å². The Balaban J connectivity index is 1.57. The van der Waals surface area contributed by atoms with Crippen molar-refractivity contribution in [3.63, 3.8) is 0 Å². The van der Waals surface area contributed by atoms with Gasteiger partial charge in [0.05, 0.1) is 18.1 Å². The SMILES string of the molecule is Cc1ccc(OC(=O)Nc2cnc(C3CCC3)nc2)cc1. The normalized spacial score (nSPS) is 14.3. The minimum Gasteiger partial charge on any atom is -0.410 e. The Kier molecular flexibility index (Phi) is 3.81. The molecule has 0 saturated heterocycles. The monoisotopic (exact) mass is 283 g/mol. The van der Waals surface area contributed by atoms with Crippen LogP contribution in [0, 0.1) is 6.92 Å². The van der Waals surface area contributed by atoms with Gasteiger partial charge >= 0.3 is 6.09 Å². The molecule has 108 valence electrons. The molecule has 0 spiro atoms. The van der Waals surface area contributed by atoms with E-state index in [0.717, 1.165) is 24.2 Å². The summed E-state index contributed by atoms with van der Waals surface area (Å²) >= 11 is 0. The predicted molar refractivity (Wildman–Crippen MR) is 79.4 cm³/mol. The summed E-state index contributed by atoms with van der Waals surface area (Å²) in [4.78, 5) is 20.3. The van der Waals surface area contributed by atoms with Crippen molar-refractivity contribution in [3.8, 4) is 5.75 Å². The summed E-state index contributed by atoms with van der Waals surface area (Å²) in [6, 6.07) is 7.29. The van der Waals surface area contributed by atoms with Crippen LogP contribution >= 0.6 is 0 Å². The molecular formula is C16H17N3O2. The summed E-state index contributed by atoms with van der Waals surface area (Å²) in [5, 5.41) is 2.62. The van der Waals surface area contributed by atoms with Crippen LogP contribution in [0.25, 0.3) is 0 Å². The predicted octanol–water partition coefficient (Wildman–Crippen LogP) is 3.66. The molecule has 1 aromatic carbocycles. The molecule has 1 aliphatic rings. The second kappa shape index (κ2) is 5.91. The van der Waals surface area contributed by atoms with Crippen molar-refractivity contribution in [1.29, 1.82) is 0 Å². The molecule has 0 unspecified atom stereocenters. The maximum atomic E-state index is 11.8. The smallest absolute Gasteiger partial charge is 0.410 e. The van der Waals surface area contributed by atoms with E-state index in [2.05, 4.69) is 15.3 Å². The number of rotatable bonds is 3. The van der Waals surface area contributed by atoms with E-state index in [-0.39, 0.29) is 0 Å². The van der Waals surface area contributed by atoms with Crippen LogP contribution in [0.4, 0.5) is 10.5 Å². The van der Waals surface area contributed by atoms with Crippen molar-refractivity contribution in [1.82, 2.24) is 9.97 Å². The molecule has 0 radical (unpaired) electrons. The van der Waals surface area contributed by atoms with E-state index < -0.39 is 6.09 Å². The van der Waals surface area contributed by atoms with Gasteiger partial charge in [-0.2, -0.15) is 0 Å². The zero-order valence-electron chi connectivity index (χ0n) is 11.9. The van der Waals surface area contributed by atoms with Gasteiger partial charge < -0.3 is 4.74 Å². The first-order valence-corrected chi connectivity index (χ1v) is 7.08. The lowest BCUT2D eigenvalue weighted by Gasteiger charge is -2.23. The Hall–Kier alpha value is -2.43. The van der Waals surface area contributed by atoms with Gasteiger partial charge in [0.2, 0.25) is 0 Å². The molecular weight excluding hydrogens is 266 g/mol. The summed E-state index contributed by atoms with van der Waals surface area (Å²) < 4.78 is 5.18. The van der Waals surface area contributed by atoms with Gasteiger partial charge in [-0.3, -0.25) is 5.32 Å². The maximum Gasteiger partial charge on any atom is 0.417 e. The molecule has 1 amide bonds. The number of carbonyl (C=O) groups excluding carboxylic acids is 1. The zero-order chi connectivity index (χ0) is 14.7. The fraction of sp³-hybridized carbons (Fsp3) is 0.312. The Morgan fingerprint density at radius 3 is 2.43 bits per heavy atom. The van der Waals surface area contributed by atoms with Crippen LogP contribution in [-0.4, -0.2) is 16.1 Å². The molecule has 21 heavy (non-hydrogen) atoms. The van der Waals surface area contributed by atoms with Crippen LogP contribution in [0.15, 0.2) is 36.7 Å². The van der Waals surface area contributed by atoms with E-state index in [9.17, 15) is 4.79 Å². The van der Waals surface area contributed by atoms with E-state index in [0.29, 0.717) is 17.4 Å². The summed E-state index contributed by atoms with van der Waals surface area (Å²) in [5.74, 6) is 1.85. The van der Waals surface area contributed by atoms with Gasteiger partial charge in [0.1, 0.15) is 11.6 Å². The number of aryl methyl sites for hydroxylation is 1. The van der Waals surface area contributed by atoms with E-state index in [1.807, 2.05) is 19.1 Å². The van der Waals surface area contributed by atoms with Gasteiger partial charge in [-0.1, -0.05) is 24.1 Å². The fourth-order valence-corrected chi connectivity index (χ4v) is 2.14. The number of anilines is 1. The number of benzene rings is 1. The third-order valence-corrected chi connectivity index (χ3v) is 3.62. The van der Waals surface area contributed by atoms with Crippen LogP contribution in [0.5, 0.6) is 5.75 Å². The van der Waals surface area contributed by atoms with Crippen LogP contribution in [0.3, 0.4) is 0 Å². The topological polar surface area (TPSA) is 64.1 Å². The van der Waals surface area contributed by atoms with Crippen molar-refractivity contribution >= 4 is 11.8 Å². The van der Waals surface area contributed by atoms with Gasteiger partial charge in [-0.15, -0.1) is 0 Å². The quantitative estimate of drug-likeness (QED) is 0.933. The number of carbonyl (C=O) groups is 1. The number of hydrogen-bond donors (Lipinski definition) is 1. The Labute approximate surface area is 123 Å². The minimum absolute atomic E-state index is 0.485. The average Bonchev–Trinajstić information content (AvgIpc) is 2.42. The van der Waals surface area contributed by atoms with Crippen molar-refractivity contribution in [2.24, 2.45) is 0 Å². The minimum atomic E-state index is -0.543. The highest BCUT2D eigenvalue weighted by molar-refractivity contribution is 5.85. The molecule has 5 heteroatoms. The molecule has 1 aromatic heterocycles. The zero-order valence-corrected chi connectivity index (χ0v) is 11.9. The lowest BCUT2D eigenvalue weighted by Crippen LogP contribution is -2.18. The first-order valence-electron chi connectivity index (χ1n) is 7.08. The summed E-state index contributed by atoms with van der Waals surface area (Å²) in [6.45, 7) is 1.98. The number of nitrogens with one attached hydrogen (secondary N) is 1. The van der Waals surface area contributed by atoms with Crippen molar-refractivity contribution in [3.05, 3.63) is 48.0 Å². The largest absolute Gasteiger partial charge is 0.417 e. The van der Waals surface area contributed by atoms with E-state index in [4.69, 9.17) is 4.74 Å². The molecule has 5 nitrogen and oxygen atoms in total. The average molecular weight is 283 g/mol. The number of aromatic nitrogens is 2. The van der Waals surface area contributed by atoms with Gasteiger partial charge in [-0.05, 0) is 31.9 Å². The summed E-state index contributed by atoms with van der Waals surface area (Å²) in [7, 11) is 0. The van der Waals surface area contributed by atoms with Gasteiger partial charge in [0, 0.05) is 5.92 Å².